The zero-order valence-corrected chi connectivity index (χ0v) is 11.0. The highest BCUT2D eigenvalue weighted by molar-refractivity contribution is 5.74. The first-order chi connectivity index (χ1) is 8.75. The lowest BCUT2D eigenvalue weighted by Gasteiger charge is -2.37. The Morgan fingerprint density at radius 3 is 2.89 bits per heavy atom. The number of benzene rings is 1. The molecule has 4 nitrogen and oxygen atoms in total. The molecule has 1 fully saturated rings. The Morgan fingerprint density at radius 2 is 2.17 bits per heavy atom. The number of hydrogen-bond donors (Lipinski definition) is 1. The van der Waals surface area contributed by atoms with Crippen LogP contribution >= 0.6 is 0 Å². The van der Waals surface area contributed by atoms with E-state index in [0.29, 0.717) is 18.0 Å². The second-order valence-electron chi connectivity index (χ2n) is 5.49. The van der Waals surface area contributed by atoms with Gasteiger partial charge in [0.2, 0.25) is 0 Å². The van der Waals surface area contributed by atoms with Gasteiger partial charge in [0.1, 0.15) is 5.52 Å². The zero-order chi connectivity index (χ0) is 12.5. The van der Waals surface area contributed by atoms with Crippen LogP contribution in [0.25, 0.3) is 11.0 Å². The molecule has 1 aliphatic rings. The molecule has 1 heterocycles. The van der Waals surface area contributed by atoms with Crippen LogP contribution < -0.4 is 5.32 Å². The molecule has 2 unspecified atom stereocenters. The highest BCUT2D eigenvalue weighted by atomic mass is 15.4. The SMILES string of the molecule is CC(C)NCC1CCC1n1nnc2ccccc21. The minimum absolute atomic E-state index is 0.517. The van der Waals surface area contributed by atoms with E-state index in [4.69, 9.17) is 0 Å². The van der Waals surface area contributed by atoms with Gasteiger partial charge in [-0.15, -0.1) is 5.10 Å². The van der Waals surface area contributed by atoms with Crippen molar-refractivity contribution in [2.75, 3.05) is 6.54 Å². The highest BCUT2D eigenvalue weighted by Gasteiger charge is 2.33. The topological polar surface area (TPSA) is 42.7 Å². The lowest BCUT2D eigenvalue weighted by molar-refractivity contribution is 0.162. The van der Waals surface area contributed by atoms with E-state index < -0.39 is 0 Å². The fraction of sp³-hybridized carbons (Fsp3) is 0.571. The summed E-state index contributed by atoms with van der Waals surface area (Å²) in [6.45, 7) is 5.47. The quantitative estimate of drug-likeness (QED) is 0.898. The van der Waals surface area contributed by atoms with Crippen molar-refractivity contribution in [1.82, 2.24) is 20.3 Å². The van der Waals surface area contributed by atoms with Crippen molar-refractivity contribution < 1.29 is 0 Å². The fourth-order valence-corrected chi connectivity index (χ4v) is 2.63. The summed E-state index contributed by atoms with van der Waals surface area (Å²) in [5.41, 5.74) is 2.16. The number of para-hydroxylation sites is 1. The predicted octanol–water partition coefficient (Wildman–Crippen LogP) is 2.38. The van der Waals surface area contributed by atoms with Crippen molar-refractivity contribution >= 4 is 11.0 Å². The van der Waals surface area contributed by atoms with E-state index in [2.05, 4.69) is 46.3 Å². The minimum atomic E-state index is 0.517. The summed E-state index contributed by atoms with van der Waals surface area (Å²) in [7, 11) is 0. The third-order valence-corrected chi connectivity index (χ3v) is 3.86. The number of rotatable bonds is 4. The Kier molecular flexibility index (Phi) is 3.04. The molecule has 1 saturated carbocycles. The van der Waals surface area contributed by atoms with E-state index in [1.165, 1.54) is 12.8 Å². The van der Waals surface area contributed by atoms with Gasteiger partial charge in [-0.2, -0.15) is 0 Å². The summed E-state index contributed by atoms with van der Waals surface area (Å²) in [4.78, 5) is 0. The molecule has 0 amide bonds. The fourth-order valence-electron chi connectivity index (χ4n) is 2.63. The molecule has 3 rings (SSSR count). The molecule has 1 aromatic carbocycles. The average Bonchev–Trinajstić information content (AvgIpc) is 2.72. The Morgan fingerprint density at radius 1 is 1.33 bits per heavy atom. The molecular weight excluding hydrogens is 224 g/mol. The maximum absolute atomic E-state index is 4.33. The van der Waals surface area contributed by atoms with Crippen molar-refractivity contribution in [2.24, 2.45) is 5.92 Å². The van der Waals surface area contributed by atoms with Crippen LogP contribution in [0.1, 0.15) is 32.7 Å². The lowest BCUT2D eigenvalue weighted by Crippen LogP contribution is -2.39. The van der Waals surface area contributed by atoms with Crippen LogP contribution in [-0.4, -0.2) is 27.6 Å². The molecule has 18 heavy (non-hydrogen) atoms. The van der Waals surface area contributed by atoms with Crippen molar-refractivity contribution in [2.45, 2.75) is 38.8 Å². The summed E-state index contributed by atoms with van der Waals surface area (Å²) in [5, 5.41) is 12.1. The molecule has 1 aliphatic carbocycles. The van der Waals surface area contributed by atoms with E-state index >= 15 is 0 Å². The van der Waals surface area contributed by atoms with E-state index in [0.717, 1.165) is 17.6 Å². The Bertz CT molecular complexity index is 531. The van der Waals surface area contributed by atoms with Crippen molar-refractivity contribution in [1.29, 1.82) is 0 Å². The van der Waals surface area contributed by atoms with Gasteiger partial charge in [-0.1, -0.05) is 31.2 Å². The number of hydrogen-bond acceptors (Lipinski definition) is 3. The standard InChI is InChI=1S/C14H20N4/c1-10(2)15-9-11-7-8-13(11)18-14-6-4-3-5-12(14)16-17-18/h3-6,10-11,13,15H,7-9H2,1-2H3. The Hall–Kier alpha value is -1.42. The second-order valence-corrected chi connectivity index (χ2v) is 5.49. The predicted molar refractivity (Wildman–Crippen MR) is 72.4 cm³/mol. The normalized spacial score (nSPS) is 23.5. The molecule has 0 radical (unpaired) electrons. The number of fused-ring (bicyclic) bond motifs is 1. The molecule has 0 bridgehead atoms. The van der Waals surface area contributed by atoms with Crippen molar-refractivity contribution in [3.8, 4) is 0 Å². The number of nitrogens with one attached hydrogen (secondary N) is 1. The van der Waals surface area contributed by atoms with Crippen LogP contribution in [0.15, 0.2) is 24.3 Å². The van der Waals surface area contributed by atoms with Gasteiger partial charge in [-0.25, -0.2) is 4.68 Å². The molecule has 0 aliphatic heterocycles. The first kappa shape index (κ1) is 11.7. The lowest BCUT2D eigenvalue weighted by atomic mass is 9.79. The molecule has 0 saturated heterocycles. The van der Waals surface area contributed by atoms with Crippen LogP contribution in [0, 0.1) is 5.92 Å². The maximum Gasteiger partial charge on any atom is 0.113 e. The van der Waals surface area contributed by atoms with E-state index in [-0.39, 0.29) is 0 Å². The first-order valence-electron chi connectivity index (χ1n) is 6.79. The summed E-state index contributed by atoms with van der Waals surface area (Å²) < 4.78 is 2.12. The van der Waals surface area contributed by atoms with E-state index in [1.807, 2.05) is 12.1 Å². The Labute approximate surface area is 107 Å². The molecule has 2 aromatic rings. The molecule has 1 N–H and O–H groups in total. The van der Waals surface area contributed by atoms with Gasteiger partial charge in [0.05, 0.1) is 11.6 Å². The van der Waals surface area contributed by atoms with Gasteiger partial charge in [0.25, 0.3) is 0 Å². The summed E-state index contributed by atoms with van der Waals surface area (Å²) in [5.74, 6) is 0.692. The molecule has 0 spiro atoms. The molecule has 4 heteroatoms. The molecule has 96 valence electrons. The van der Waals surface area contributed by atoms with Gasteiger partial charge in [0, 0.05) is 12.6 Å². The molecular formula is C14H20N4. The Balaban J connectivity index is 1.78. The smallest absolute Gasteiger partial charge is 0.113 e. The van der Waals surface area contributed by atoms with Crippen LogP contribution in [0.5, 0.6) is 0 Å². The second kappa shape index (κ2) is 4.69. The van der Waals surface area contributed by atoms with Crippen LogP contribution in [-0.2, 0) is 0 Å². The molecule has 1 aromatic heterocycles. The third-order valence-electron chi connectivity index (χ3n) is 3.86. The third kappa shape index (κ3) is 2.01. The first-order valence-corrected chi connectivity index (χ1v) is 6.79. The van der Waals surface area contributed by atoms with E-state index in [1.54, 1.807) is 0 Å². The number of aromatic nitrogens is 3. The van der Waals surface area contributed by atoms with Gasteiger partial charge in [-0.05, 0) is 30.9 Å². The molecule has 2 atom stereocenters. The van der Waals surface area contributed by atoms with Gasteiger partial charge in [0.15, 0.2) is 0 Å². The van der Waals surface area contributed by atoms with Crippen LogP contribution in [0.3, 0.4) is 0 Å². The monoisotopic (exact) mass is 244 g/mol. The van der Waals surface area contributed by atoms with Crippen molar-refractivity contribution in [3.63, 3.8) is 0 Å². The van der Waals surface area contributed by atoms with Crippen LogP contribution in [0.4, 0.5) is 0 Å². The highest BCUT2D eigenvalue weighted by Crippen LogP contribution is 2.38. The van der Waals surface area contributed by atoms with Gasteiger partial charge in [-0.3, -0.25) is 0 Å². The zero-order valence-electron chi connectivity index (χ0n) is 11.0. The van der Waals surface area contributed by atoms with Crippen molar-refractivity contribution in [3.05, 3.63) is 24.3 Å². The van der Waals surface area contributed by atoms with Crippen LogP contribution in [0.2, 0.25) is 0 Å². The summed E-state index contributed by atoms with van der Waals surface area (Å²) >= 11 is 0. The number of nitrogens with zero attached hydrogens (tertiary/aromatic N) is 3. The van der Waals surface area contributed by atoms with Gasteiger partial charge < -0.3 is 5.32 Å². The average molecular weight is 244 g/mol. The van der Waals surface area contributed by atoms with E-state index in [9.17, 15) is 0 Å². The summed E-state index contributed by atoms with van der Waals surface area (Å²) in [6.07, 6.45) is 2.51. The largest absolute Gasteiger partial charge is 0.314 e. The summed E-state index contributed by atoms with van der Waals surface area (Å²) in [6, 6.07) is 9.28. The minimum Gasteiger partial charge on any atom is -0.314 e. The maximum atomic E-state index is 4.33. The van der Waals surface area contributed by atoms with Gasteiger partial charge >= 0.3 is 0 Å².